The SMILES string of the molecule is CO[C@H]1C[C@@H]2CCC[C@@](O)(O2)C(=O)C(=O)N2CCCC[C@H]2C(=O)O[C@H]([C@H](N)C[C@@H]2CC[C@H](n3cc(COC(=O)NCCOCCOCCOCCC(=O)NCCOCCOCCC(=O)NCCCCn4nc(-c5ccc6oc(N)nc6c5)c5c(N)ncnc54)nn3)[C@H](OC)C2)C/C(=N/OCc2ccccc2)[C@H](C)/C=C(\C)[C@@H](O)[C@@H](O)C(=O)[C@H](C)C[C@H](C)/C=C/C=C/C=C/1C. The third-order valence-corrected chi connectivity index (χ3v) is 23.5. The van der Waals surface area contributed by atoms with Gasteiger partial charge in [-0.3, -0.25) is 24.0 Å². The lowest BCUT2D eigenvalue weighted by atomic mass is 9.79. The minimum Gasteiger partial charge on any atom is -0.459 e. The number of unbranched alkanes of at least 4 members (excludes halogenated alkanes) is 1. The molecule has 7 heterocycles. The van der Waals surface area contributed by atoms with Crippen molar-refractivity contribution in [3.8, 4) is 11.3 Å². The summed E-state index contributed by atoms with van der Waals surface area (Å²) in [7, 11) is 3.16. The summed E-state index contributed by atoms with van der Waals surface area (Å²) in [5.74, 6) is -7.60. The molecule has 1 saturated carbocycles. The van der Waals surface area contributed by atoms with Crippen LogP contribution >= 0.6 is 0 Å². The first-order valence-corrected chi connectivity index (χ1v) is 44.8. The molecule has 38 nitrogen and oxygen atoms in total. The Morgan fingerprint density at radius 3 is 2.19 bits per heavy atom. The molecule has 3 aliphatic heterocycles. The summed E-state index contributed by atoms with van der Waals surface area (Å²) in [6, 6.07) is 12.4. The number of carbonyl (C=O) groups excluding carboxylic acids is 7. The Bertz CT molecular complexity index is 4750. The van der Waals surface area contributed by atoms with Crippen molar-refractivity contribution in [2.24, 2.45) is 34.6 Å². The number of cyclic esters (lactones) is 1. The number of nitrogens with zero attached hydrogens (tertiary/aromatic N) is 10. The number of methoxy groups -OCH3 is 2. The molecule has 129 heavy (non-hydrogen) atoms. The molecular weight excluding hydrogens is 1670 g/mol. The highest BCUT2D eigenvalue weighted by Crippen LogP contribution is 2.39. The number of allylic oxidation sites excluding steroid dienone is 6. The van der Waals surface area contributed by atoms with Crippen LogP contribution in [-0.4, -0.2) is 268 Å². The number of oxime groups is 1. The van der Waals surface area contributed by atoms with Gasteiger partial charge in [-0.05, 0) is 138 Å². The Morgan fingerprint density at radius 1 is 0.752 bits per heavy atom. The highest BCUT2D eigenvalue weighted by molar-refractivity contribution is 6.39. The number of aliphatic hydroxyl groups is 3. The number of anilines is 2. The number of Topliss-reactive ketones (excluding diaryl/α,β-unsaturated/α-hetero) is 2. The van der Waals surface area contributed by atoms with Gasteiger partial charge in [-0.15, -0.1) is 5.10 Å². The van der Waals surface area contributed by atoms with Gasteiger partial charge >= 0.3 is 12.1 Å². The zero-order valence-corrected chi connectivity index (χ0v) is 75.1. The van der Waals surface area contributed by atoms with E-state index in [-0.39, 0.29) is 159 Å². The van der Waals surface area contributed by atoms with E-state index in [0.717, 1.165) is 16.7 Å². The van der Waals surface area contributed by atoms with Gasteiger partial charge in [0.15, 0.2) is 17.0 Å². The van der Waals surface area contributed by atoms with Gasteiger partial charge in [-0.25, -0.2) is 28.9 Å². The number of fused-ring (bicyclic) bond motifs is 5. The van der Waals surface area contributed by atoms with Crippen molar-refractivity contribution < 1.29 is 106 Å². The highest BCUT2D eigenvalue weighted by atomic mass is 16.6. The Hall–Kier alpha value is -10.4. The molecule has 0 spiro atoms. The zero-order valence-electron chi connectivity index (χ0n) is 75.1. The van der Waals surface area contributed by atoms with Gasteiger partial charge in [0.05, 0.1) is 108 Å². The number of ether oxygens (including phenoxy) is 10. The zero-order chi connectivity index (χ0) is 92.2. The van der Waals surface area contributed by atoms with Crippen molar-refractivity contribution in [3.63, 3.8) is 0 Å². The van der Waals surface area contributed by atoms with Gasteiger partial charge in [-0.2, -0.15) is 10.1 Å². The second-order valence-corrected chi connectivity index (χ2v) is 33.4. The number of ketones is 2. The smallest absolute Gasteiger partial charge is 0.407 e. The van der Waals surface area contributed by atoms with E-state index in [0.29, 0.717) is 149 Å². The number of nitrogen functional groups attached to an aromatic ring is 2. The van der Waals surface area contributed by atoms with Gasteiger partial charge in [-0.1, -0.05) is 97.9 Å². The Balaban J connectivity index is 0.615. The van der Waals surface area contributed by atoms with Crippen LogP contribution in [0.5, 0.6) is 0 Å². The average molecular weight is 1800 g/mol. The van der Waals surface area contributed by atoms with Crippen molar-refractivity contribution >= 4 is 81.0 Å². The first-order valence-electron chi connectivity index (χ1n) is 44.8. The lowest BCUT2D eigenvalue weighted by Gasteiger charge is -2.40. The molecule has 3 fully saturated rings. The molecule has 2 aromatic carbocycles. The van der Waals surface area contributed by atoms with Crippen LogP contribution in [0, 0.1) is 23.7 Å². The lowest BCUT2D eigenvalue weighted by molar-refractivity contribution is -0.245. The molecule has 4 amide bonds. The fourth-order valence-corrected chi connectivity index (χ4v) is 16.4. The predicted molar refractivity (Wildman–Crippen MR) is 475 cm³/mol. The highest BCUT2D eigenvalue weighted by Gasteiger charge is 2.50. The number of carbonyl (C=O) groups is 7. The molecule has 4 aromatic heterocycles. The van der Waals surface area contributed by atoms with Crippen molar-refractivity contribution in [2.75, 3.05) is 118 Å². The van der Waals surface area contributed by atoms with Crippen LogP contribution in [0.3, 0.4) is 0 Å². The molecular formula is C91H130N16O22. The maximum absolute atomic E-state index is 15.1. The molecule has 10 rings (SSSR count). The summed E-state index contributed by atoms with van der Waals surface area (Å²) in [6.07, 6.45) is 13.6. The molecule has 1 aliphatic carbocycles. The van der Waals surface area contributed by atoms with Gasteiger partial charge in [0.1, 0.15) is 66.6 Å². The number of piperidine rings is 1. The van der Waals surface area contributed by atoms with Gasteiger partial charge in [0.2, 0.25) is 17.6 Å². The minimum absolute atomic E-state index is 0.0178. The quantitative estimate of drug-likeness (QED) is 0.00600. The topological polar surface area (TPSA) is 512 Å². The van der Waals surface area contributed by atoms with E-state index >= 15 is 4.79 Å². The third kappa shape index (κ3) is 30.9. The van der Waals surface area contributed by atoms with E-state index in [1.807, 2.05) is 86.7 Å². The van der Waals surface area contributed by atoms with E-state index in [1.165, 1.54) is 11.2 Å². The second-order valence-electron chi connectivity index (χ2n) is 33.4. The second kappa shape index (κ2) is 51.9. The number of aromatic nitrogens is 8. The number of aliphatic hydroxyl groups excluding tert-OH is 2. The van der Waals surface area contributed by atoms with Crippen molar-refractivity contribution in [1.82, 2.24) is 60.6 Å². The molecule has 6 aromatic rings. The van der Waals surface area contributed by atoms with Crippen LogP contribution in [0.15, 0.2) is 118 Å². The average Bonchev–Trinajstić information content (AvgIpc) is 1.64. The molecule has 2 bridgehead atoms. The van der Waals surface area contributed by atoms with E-state index in [4.69, 9.17) is 78.9 Å². The summed E-state index contributed by atoms with van der Waals surface area (Å²) in [5, 5.41) is 62.3. The molecule has 4 aliphatic rings. The van der Waals surface area contributed by atoms with Crippen molar-refractivity contribution in [2.45, 2.75) is 224 Å². The monoisotopic (exact) mass is 1800 g/mol. The predicted octanol–water partition coefficient (Wildman–Crippen LogP) is 7.36. The van der Waals surface area contributed by atoms with Crippen LogP contribution in [0.25, 0.3) is 33.4 Å². The first-order chi connectivity index (χ1) is 62.3. The number of oxazole rings is 1. The van der Waals surface area contributed by atoms with Gasteiger partial charge in [0, 0.05) is 102 Å². The maximum atomic E-state index is 15.1. The van der Waals surface area contributed by atoms with Crippen LogP contribution in [-0.2, 0) is 101 Å². The normalized spacial score (nSPS) is 25.8. The number of hydrogen-bond donors (Lipinski definition) is 9. The largest absolute Gasteiger partial charge is 0.459 e. The van der Waals surface area contributed by atoms with Crippen LogP contribution in [0.2, 0.25) is 0 Å². The number of nitrogens with one attached hydrogen (secondary N) is 3. The Kier molecular flexibility index (Phi) is 40.5. The van der Waals surface area contributed by atoms with E-state index < -0.39 is 95.9 Å². The molecule has 12 N–H and O–H groups in total. The fourth-order valence-electron chi connectivity index (χ4n) is 16.4. The molecule has 14 atom stereocenters. The summed E-state index contributed by atoms with van der Waals surface area (Å²) in [5.41, 5.74) is 25.1. The molecule has 38 heteroatoms. The molecule has 0 unspecified atom stereocenters. The fraction of sp³-hybridized carbons (Fsp3) is 0.604. The number of esters is 1. The first kappa shape index (κ1) is 101. The number of benzene rings is 2. The maximum Gasteiger partial charge on any atom is 0.407 e. The molecule has 0 radical (unpaired) electrons. The van der Waals surface area contributed by atoms with Crippen LogP contribution in [0.4, 0.5) is 16.6 Å². The van der Waals surface area contributed by atoms with E-state index in [2.05, 4.69) is 46.4 Å². The number of aryl methyl sites for hydroxylation is 1. The lowest BCUT2D eigenvalue weighted by Crippen LogP contribution is -2.58. The standard InChI is InChI=1S/C91H130N16O22/c1-58-19-10-8-11-20-59(2)74(118-6)52-67-23-18-31-91(117,129-67)84(113)87(114)105-35-16-14-24-72(105)88(115)127-75(53-69(103-126-55-63-21-12-9-13-22-63)60(3)48-62(5)82(111)83(112)81(110)61(4)47-58)68(92)49-64-25-27-71(76(50-64)119-7)107-54-66(101-104-107)56-125-90(116)97-34-40-123-44-46-124-45-42-121-38-30-78(109)96-33-39-122-43-41-120-37-29-77(108)95-32-15-17-36-106-86-79(85(93)98-57-99-86)80(102-106)65-26-28-73-70(51-65)100-89(94)128-73/h8-13,19-22,26,28,48,51,54,57-58,60-61,64,67-68,71-72,74-76,82-83,111-112,117H,14-18,23-25,27,29-47,49-50,52-53,55-56,92H2,1-7H3,(H2,94,100)(H,95,108)(H,96,109)(H,97,116)(H2,93,98,99)/b11-8+,19-10+,59-20+,62-48+,103-69-/t58-,60-,61-,64+,67+,68-,71+,72+,74+,75+,76-,82-,83+,91-/m1/s1. The van der Waals surface area contributed by atoms with Crippen LogP contribution in [0.1, 0.15) is 161 Å². The molecule has 2 saturated heterocycles. The van der Waals surface area contributed by atoms with E-state index in [9.17, 15) is 44.1 Å². The van der Waals surface area contributed by atoms with Gasteiger partial charge < -0.3 is 110 Å². The minimum atomic E-state index is -2.47. The summed E-state index contributed by atoms with van der Waals surface area (Å²) in [4.78, 5) is 116. The summed E-state index contributed by atoms with van der Waals surface area (Å²) < 4.78 is 66.9. The number of amides is 4. The Morgan fingerprint density at radius 2 is 1.47 bits per heavy atom. The number of nitrogens with two attached hydrogens (primary N) is 3. The molecule has 706 valence electrons. The number of alkyl carbamates (subject to hydrolysis) is 1. The van der Waals surface area contributed by atoms with Crippen LogP contribution < -0.4 is 33.2 Å². The van der Waals surface area contributed by atoms with Gasteiger partial charge in [0.25, 0.3) is 17.7 Å². The number of hydrogen-bond acceptors (Lipinski definition) is 32. The summed E-state index contributed by atoms with van der Waals surface area (Å²) >= 11 is 0. The van der Waals surface area contributed by atoms with Crippen molar-refractivity contribution in [1.29, 1.82) is 0 Å². The number of rotatable bonds is 38. The Labute approximate surface area is 751 Å². The van der Waals surface area contributed by atoms with Crippen molar-refractivity contribution in [3.05, 3.63) is 120 Å². The van der Waals surface area contributed by atoms with E-state index in [1.54, 1.807) is 62.7 Å². The third-order valence-electron chi connectivity index (χ3n) is 23.5. The summed E-state index contributed by atoms with van der Waals surface area (Å²) in [6.45, 7) is 12.9.